The molecule has 0 aliphatic carbocycles. The van der Waals surface area contributed by atoms with E-state index >= 15 is 0 Å². The fourth-order valence-electron chi connectivity index (χ4n) is 3.43. The summed E-state index contributed by atoms with van der Waals surface area (Å²) in [6.07, 6.45) is 2.48. The van der Waals surface area contributed by atoms with Gasteiger partial charge in [0.05, 0.1) is 0 Å². The van der Waals surface area contributed by atoms with Crippen molar-refractivity contribution in [3.8, 4) is 0 Å². The first-order valence-electron chi connectivity index (χ1n) is 12.2. The van der Waals surface area contributed by atoms with Crippen LogP contribution in [0.1, 0.15) is 38.7 Å². The second-order valence-corrected chi connectivity index (χ2v) is 8.66. The van der Waals surface area contributed by atoms with Gasteiger partial charge in [-0.1, -0.05) is 12.1 Å². The molecule has 0 fully saturated rings. The molecule has 0 saturated carbocycles. The van der Waals surface area contributed by atoms with Gasteiger partial charge in [0.25, 0.3) is 11.8 Å². The van der Waals surface area contributed by atoms with Crippen LogP contribution in [0.5, 0.6) is 0 Å². The van der Waals surface area contributed by atoms with Crippen molar-refractivity contribution < 1.29 is 38.3 Å². The van der Waals surface area contributed by atoms with Crippen LogP contribution in [0.4, 0.5) is 10.5 Å². The van der Waals surface area contributed by atoms with Gasteiger partial charge < -0.3 is 31.7 Å². The summed E-state index contributed by atoms with van der Waals surface area (Å²) in [6.45, 7) is 2.84. The number of amides is 7. The second kappa shape index (κ2) is 14.9. The largest absolute Gasteiger partial charge is 0.461 e. The third-order valence-electron chi connectivity index (χ3n) is 5.50. The number of benzene rings is 1. The molecule has 0 radical (unpaired) electrons. The summed E-state index contributed by atoms with van der Waals surface area (Å²) in [6, 6.07) is 3.79. The summed E-state index contributed by atoms with van der Waals surface area (Å²) in [5.74, 6) is -3.19. The normalized spacial score (nSPS) is 13.8. The maximum atomic E-state index is 13.0. The molecule has 7 amide bonds. The lowest BCUT2D eigenvalue weighted by atomic mass is 10.1. The zero-order valence-electron chi connectivity index (χ0n) is 21.7. The Labute approximate surface area is 224 Å². The second-order valence-electron chi connectivity index (χ2n) is 8.66. The van der Waals surface area contributed by atoms with E-state index in [9.17, 15) is 33.6 Å². The molecule has 0 bridgehead atoms. The monoisotopic (exact) mass is 544 g/mol. The Kier molecular flexibility index (Phi) is 11.6. The zero-order valence-corrected chi connectivity index (χ0v) is 21.7. The maximum Gasteiger partial charge on any atom is 0.312 e. The van der Waals surface area contributed by atoms with E-state index in [0.29, 0.717) is 17.7 Å². The van der Waals surface area contributed by atoms with Gasteiger partial charge in [0.2, 0.25) is 17.7 Å². The summed E-state index contributed by atoms with van der Waals surface area (Å²) < 4.78 is 4.93. The first-order chi connectivity index (χ1) is 18.5. The topological polar surface area (TPSA) is 206 Å². The minimum atomic E-state index is -1.03. The van der Waals surface area contributed by atoms with Crippen molar-refractivity contribution in [2.24, 2.45) is 5.73 Å². The Morgan fingerprint density at radius 2 is 1.62 bits per heavy atom. The average Bonchev–Trinajstić information content (AvgIpc) is 3.20. The first kappa shape index (κ1) is 30.5. The van der Waals surface area contributed by atoms with Gasteiger partial charge >= 0.3 is 12.0 Å². The van der Waals surface area contributed by atoms with E-state index < -0.39 is 53.6 Å². The lowest BCUT2D eigenvalue weighted by Crippen LogP contribution is -2.52. The predicted molar refractivity (Wildman–Crippen MR) is 137 cm³/mol. The number of hydrogen-bond acceptors (Lipinski definition) is 8. The Hall–Kier alpha value is -4.75. The molecule has 1 aliphatic heterocycles. The number of urea groups is 1. The van der Waals surface area contributed by atoms with E-state index in [1.165, 1.54) is 13.8 Å². The van der Waals surface area contributed by atoms with Crippen LogP contribution in [-0.4, -0.2) is 71.6 Å². The Morgan fingerprint density at radius 1 is 0.974 bits per heavy atom. The number of primary amides is 1. The van der Waals surface area contributed by atoms with Crippen LogP contribution >= 0.6 is 0 Å². The Morgan fingerprint density at radius 3 is 2.21 bits per heavy atom. The van der Waals surface area contributed by atoms with Gasteiger partial charge in [0.15, 0.2) is 0 Å². The van der Waals surface area contributed by atoms with Gasteiger partial charge in [-0.05, 0) is 37.5 Å². The number of rotatable bonds is 14. The lowest BCUT2D eigenvalue weighted by Gasteiger charge is -2.22. The molecule has 2 rings (SSSR count). The third kappa shape index (κ3) is 10.6. The van der Waals surface area contributed by atoms with Crippen LogP contribution in [0.15, 0.2) is 36.4 Å². The highest BCUT2D eigenvalue weighted by Crippen LogP contribution is 2.12. The number of imide groups is 1. The molecule has 14 nitrogen and oxygen atoms in total. The molecule has 0 unspecified atom stereocenters. The molecule has 1 aromatic carbocycles. The number of ether oxygens (including phenoxy) is 1. The van der Waals surface area contributed by atoms with Crippen molar-refractivity contribution in [1.29, 1.82) is 0 Å². The van der Waals surface area contributed by atoms with Crippen LogP contribution in [0.2, 0.25) is 0 Å². The smallest absolute Gasteiger partial charge is 0.312 e. The molecule has 14 heteroatoms. The number of esters is 1. The van der Waals surface area contributed by atoms with Crippen molar-refractivity contribution in [2.75, 3.05) is 18.4 Å². The van der Waals surface area contributed by atoms with E-state index in [1.54, 1.807) is 24.3 Å². The Bertz CT molecular complexity index is 1120. The quantitative estimate of drug-likeness (QED) is 0.116. The van der Waals surface area contributed by atoms with E-state index in [4.69, 9.17) is 10.5 Å². The van der Waals surface area contributed by atoms with Crippen LogP contribution in [0.25, 0.3) is 0 Å². The van der Waals surface area contributed by atoms with Crippen molar-refractivity contribution >= 4 is 47.2 Å². The number of carbonyl (C=O) groups is 7. The number of carbonyl (C=O) groups excluding carboxylic acids is 7. The highest BCUT2D eigenvalue weighted by atomic mass is 16.5. The van der Waals surface area contributed by atoms with E-state index in [1.807, 2.05) is 0 Å². The number of nitrogens with one attached hydrogen (secondary N) is 4. The summed E-state index contributed by atoms with van der Waals surface area (Å²) in [5, 5.41) is 10.2. The van der Waals surface area contributed by atoms with Crippen LogP contribution in [0, 0.1) is 0 Å². The van der Waals surface area contributed by atoms with E-state index in [2.05, 4.69) is 21.3 Å². The molecule has 0 spiro atoms. The molecule has 1 heterocycles. The van der Waals surface area contributed by atoms with Crippen molar-refractivity contribution in [3.05, 3.63) is 42.0 Å². The molecule has 39 heavy (non-hydrogen) atoms. The van der Waals surface area contributed by atoms with E-state index in [-0.39, 0.29) is 32.5 Å². The summed E-state index contributed by atoms with van der Waals surface area (Å²) in [5.41, 5.74) is 6.20. The number of anilines is 1. The predicted octanol–water partition coefficient (Wildman–Crippen LogP) is -0.559. The lowest BCUT2D eigenvalue weighted by molar-refractivity contribution is -0.142. The number of hydrogen-bond donors (Lipinski definition) is 5. The zero-order chi connectivity index (χ0) is 28.9. The highest BCUT2D eigenvalue weighted by molar-refractivity contribution is 6.13. The van der Waals surface area contributed by atoms with Crippen molar-refractivity contribution in [3.63, 3.8) is 0 Å². The minimum Gasteiger partial charge on any atom is -0.461 e. The standard InChI is InChI=1S/C25H32N6O8/c1-15(28-20(33)11-13-31-21(34)9-10-22(31)35)23(36)30-19(4-3-12-27-25(26)38)24(37)29-18-7-5-17(6-8-18)14-39-16(2)32/h5-10,15,19H,3-4,11-14H2,1-2H3,(H,28,33)(H,29,37)(H,30,36)(H3,26,27,38)/t15-,19-/m0/s1. The summed E-state index contributed by atoms with van der Waals surface area (Å²) in [7, 11) is 0. The van der Waals surface area contributed by atoms with E-state index in [0.717, 1.165) is 17.1 Å². The molecule has 1 aliphatic rings. The summed E-state index contributed by atoms with van der Waals surface area (Å²) in [4.78, 5) is 84.0. The molecule has 0 aromatic heterocycles. The molecule has 1 aromatic rings. The van der Waals surface area contributed by atoms with Gasteiger partial charge in [-0.15, -0.1) is 0 Å². The highest BCUT2D eigenvalue weighted by Gasteiger charge is 2.26. The minimum absolute atomic E-state index is 0.0836. The van der Waals surface area contributed by atoms with Gasteiger partial charge in [-0.3, -0.25) is 33.7 Å². The van der Waals surface area contributed by atoms with Crippen LogP contribution in [-0.2, 0) is 40.1 Å². The fraction of sp³-hybridized carbons (Fsp3) is 0.400. The van der Waals surface area contributed by atoms with Gasteiger partial charge in [-0.2, -0.15) is 0 Å². The van der Waals surface area contributed by atoms with Crippen LogP contribution < -0.4 is 27.0 Å². The van der Waals surface area contributed by atoms with Crippen molar-refractivity contribution in [1.82, 2.24) is 20.9 Å². The molecule has 2 atom stereocenters. The molecule has 210 valence electrons. The SMILES string of the molecule is CC(=O)OCc1ccc(NC(=O)[C@H](CCCNC(N)=O)NC(=O)[C@H](C)NC(=O)CCN2C(=O)C=CC2=O)cc1. The number of nitrogens with two attached hydrogens (primary N) is 1. The first-order valence-corrected chi connectivity index (χ1v) is 12.2. The molecule has 6 N–H and O–H groups in total. The van der Waals surface area contributed by atoms with Crippen molar-refractivity contribution in [2.45, 2.75) is 51.8 Å². The number of nitrogens with zero attached hydrogens (tertiary/aromatic N) is 1. The van der Waals surface area contributed by atoms with Gasteiger partial charge in [0.1, 0.15) is 18.7 Å². The Balaban J connectivity index is 1.94. The average molecular weight is 545 g/mol. The third-order valence-corrected chi connectivity index (χ3v) is 5.50. The van der Waals surface area contributed by atoms with Gasteiger partial charge in [-0.25, -0.2) is 4.79 Å². The molecular formula is C25H32N6O8. The molecular weight excluding hydrogens is 512 g/mol. The fourth-order valence-corrected chi connectivity index (χ4v) is 3.43. The molecule has 0 saturated heterocycles. The van der Waals surface area contributed by atoms with Gasteiger partial charge in [0, 0.05) is 44.3 Å². The summed E-state index contributed by atoms with van der Waals surface area (Å²) >= 11 is 0. The van der Waals surface area contributed by atoms with Crippen LogP contribution in [0.3, 0.4) is 0 Å². The maximum absolute atomic E-state index is 13.0.